The van der Waals surface area contributed by atoms with Gasteiger partial charge in [-0.1, -0.05) is 13.0 Å². The largest absolute Gasteiger partial charge is 0.390 e. The first-order valence-electron chi connectivity index (χ1n) is 6.19. The molecule has 1 aromatic carbocycles. The molecule has 4 heteroatoms. The zero-order valence-electron chi connectivity index (χ0n) is 11.0. The highest BCUT2D eigenvalue weighted by Gasteiger charge is 2.31. The lowest BCUT2D eigenvalue weighted by atomic mass is 9.90. The summed E-state index contributed by atoms with van der Waals surface area (Å²) in [6, 6.07) is 3.66. The normalized spacial score (nSPS) is 16.3. The summed E-state index contributed by atoms with van der Waals surface area (Å²) in [6.45, 7) is 6.10. The fourth-order valence-corrected chi connectivity index (χ4v) is 1.87. The first-order chi connectivity index (χ1) is 8.42. The summed E-state index contributed by atoms with van der Waals surface area (Å²) in [5, 5.41) is 10.2. The molecule has 0 amide bonds. The lowest BCUT2D eigenvalue weighted by Crippen LogP contribution is -2.43. The van der Waals surface area contributed by atoms with E-state index in [1.165, 1.54) is 6.07 Å². The zero-order chi connectivity index (χ0) is 13.8. The summed E-state index contributed by atoms with van der Waals surface area (Å²) in [6.07, 6.45) is 0.125. The SMILES string of the molecule is CCOC(C)(CC)C(O)Cc1ccc(F)c(F)c1. The molecule has 0 heterocycles. The van der Waals surface area contributed by atoms with Crippen molar-refractivity contribution in [2.24, 2.45) is 0 Å². The van der Waals surface area contributed by atoms with E-state index in [0.29, 0.717) is 18.6 Å². The van der Waals surface area contributed by atoms with Gasteiger partial charge in [0.05, 0.1) is 11.7 Å². The van der Waals surface area contributed by atoms with Crippen LogP contribution < -0.4 is 0 Å². The summed E-state index contributed by atoms with van der Waals surface area (Å²) in [5.41, 5.74) is -0.111. The number of ether oxygens (including phenoxy) is 1. The Labute approximate surface area is 107 Å². The van der Waals surface area contributed by atoms with Gasteiger partial charge in [0, 0.05) is 13.0 Å². The van der Waals surface area contributed by atoms with Crippen LogP contribution in [0, 0.1) is 11.6 Å². The van der Waals surface area contributed by atoms with Gasteiger partial charge in [-0.2, -0.15) is 0 Å². The molecule has 2 atom stereocenters. The summed E-state index contributed by atoms with van der Waals surface area (Å²) >= 11 is 0. The molecule has 2 unspecified atom stereocenters. The van der Waals surface area contributed by atoms with Gasteiger partial charge in [-0.3, -0.25) is 0 Å². The molecular weight excluding hydrogens is 238 g/mol. The summed E-state index contributed by atoms with van der Waals surface area (Å²) < 4.78 is 31.4. The van der Waals surface area contributed by atoms with Crippen LogP contribution in [0.1, 0.15) is 32.8 Å². The molecule has 1 rings (SSSR count). The smallest absolute Gasteiger partial charge is 0.159 e. The highest BCUT2D eigenvalue weighted by Crippen LogP contribution is 2.23. The first kappa shape index (κ1) is 15.1. The Hall–Kier alpha value is -1.00. The Morgan fingerprint density at radius 1 is 1.28 bits per heavy atom. The number of rotatable bonds is 6. The van der Waals surface area contributed by atoms with Crippen LogP contribution in [0.3, 0.4) is 0 Å². The summed E-state index contributed by atoms with van der Waals surface area (Å²) in [5.74, 6) is -1.77. The molecule has 0 saturated heterocycles. The molecular formula is C14H20F2O2. The van der Waals surface area contributed by atoms with Crippen LogP contribution in [-0.4, -0.2) is 23.4 Å². The Bertz CT molecular complexity index is 395. The number of aliphatic hydroxyl groups is 1. The standard InChI is InChI=1S/C14H20F2O2/c1-4-14(3,18-5-2)13(17)9-10-6-7-11(15)12(16)8-10/h6-8,13,17H,4-5,9H2,1-3H3. The Morgan fingerprint density at radius 3 is 2.44 bits per heavy atom. The second kappa shape index (κ2) is 6.25. The molecule has 1 aromatic rings. The average molecular weight is 258 g/mol. The molecule has 2 nitrogen and oxygen atoms in total. The molecule has 0 aromatic heterocycles. The van der Waals surface area contributed by atoms with E-state index in [9.17, 15) is 13.9 Å². The lowest BCUT2D eigenvalue weighted by Gasteiger charge is -2.33. The van der Waals surface area contributed by atoms with Crippen LogP contribution in [0.5, 0.6) is 0 Å². The van der Waals surface area contributed by atoms with Crippen LogP contribution in [-0.2, 0) is 11.2 Å². The fraction of sp³-hybridized carbons (Fsp3) is 0.571. The van der Waals surface area contributed by atoms with Crippen LogP contribution in [0.15, 0.2) is 18.2 Å². The van der Waals surface area contributed by atoms with Crippen LogP contribution >= 0.6 is 0 Å². The van der Waals surface area contributed by atoms with E-state index in [2.05, 4.69) is 0 Å². The fourth-order valence-electron chi connectivity index (χ4n) is 1.87. The van der Waals surface area contributed by atoms with Crippen LogP contribution in [0.2, 0.25) is 0 Å². The topological polar surface area (TPSA) is 29.5 Å². The monoisotopic (exact) mass is 258 g/mol. The van der Waals surface area contributed by atoms with E-state index < -0.39 is 23.3 Å². The van der Waals surface area contributed by atoms with Gasteiger partial charge in [-0.05, 0) is 38.0 Å². The molecule has 0 saturated carbocycles. The maximum atomic E-state index is 13.1. The third-order valence-electron chi connectivity index (χ3n) is 3.29. The Kier molecular flexibility index (Phi) is 5.23. The average Bonchev–Trinajstić information content (AvgIpc) is 2.34. The molecule has 0 fully saturated rings. The molecule has 0 spiro atoms. The van der Waals surface area contributed by atoms with Gasteiger partial charge < -0.3 is 9.84 Å². The zero-order valence-corrected chi connectivity index (χ0v) is 11.0. The molecule has 0 radical (unpaired) electrons. The number of halogens is 2. The summed E-state index contributed by atoms with van der Waals surface area (Å²) in [7, 11) is 0. The summed E-state index contributed by atoms with van der Waals surface area (Å²) in [4.78, 5) is 0. The van der Waals surface area contributed by atoms with Gasteiger partial charge in [-0.15, -0.1) is 0 Å². The van der Waals surface area contributed by atoms with E-state index in [0.717, 1.165) is 12.1 Å². The third kappa shape index (κ3) is 3.50. The van der Waals surface area contributed by atoms with Crippen LogP contribution in [0.25, 0.3) is 0 Å². The van der Waals surface area contributed by atoms with Gasteiger partial charge in [0.2, 0.25) is 0 Å². The second-order valence-electron chi connectivity index (χ2n) is 4.57. The van der Waals surface area contributed by atoms with E-state index in [4.69, 9.17) is 4.74 Å². The highest BCUT2D eigenvalue weighted by molar-refractivity contribution is 5.19. The maximum Gasteiger partial charge on any atom is 0.159 e. The molecule has 1 N–H and O–H groups in total. The molecule has 0 bridgehead atoms. The highest BCUT2D eigenvalue weighted by atomic mass is 19.2. The third-order valence-corrected chi connectivity index (χ3v) is 3.29. The van der Waals surface area contributed by atoms with Gasteiger partial charge in [0.25, 0.3) is 0 Å². The predicted molar refractivity (Wildman–Crippen MR) is 66.4 cm³/mol. The molecule has 18 heavy (non-hydrogen) atoms. The van der Waals surface area contributed by atoms with Crippen molar-refractivity contribution in [2.45, 2.75) is 45.3 Å². The van der Waals surface area contributed by atoms with Gasteiger partial charge in [0.1, 0.15) is 0 Å². The number of benzene rings is 1. The van der Waals surface area contributed by atoms with Crippen molar-refractivity contribution >= 4 is 0 Å². The quantitative estimate of drug-likeness (QED) is 0.849. The van der Waals surface area contributed by atoms with E-state index >= 15 is 0 Å². The molecule has 0 aliphatic heterocycles. The molecule has 0 aliphatic rings. The van der Waals surface area contributed by atoms with Crippen molar-refractivity contribution in [1.29, 1.82) is 0 Å². The van der Waals surface area contributed by atoms with Crippen LogP contribution in [0.4, 0.5) is 8.78 Å². The number of hydrogen-bond donors (Lipinski definition) is 1. The molecule has 0 aliphatic carbocycles. The van der Waals surface area contributed by atoms with Gasteiger partial charge >= 0.3 is 0 Å². The van der Waals surface area contributed by atoms with Gasteiger partial charge in [0.15, 0.2) is 11.6 Å². The van der Waals surface area contributed by atoms with Crippen molar-refractivity contribution in [3.8, 4) is 0 Å². The van der Waals surface area contributed by atoms with Crippen molar-refractivity contribution in [2.75, 3.05) is 6.61 Å². The minimum Gasteiger partial charge on any atom is -0.390 e. The predicted octanol–water partition coefficient (Wildman–Crippen LogP) is 3.07. The molecule has 102 valence electrons. The van der Waals surface area contributed by atoms with Crippen molar-refractivity contribution in [3.63, 3.8) is 0 Å². The van der Waals surface area contributed by atoms with E-state index in [1.54, 1.807) is 0 Å². The van der Waals surface area contributed by atoms with Gasteiger partial charge in [-0.25, -0.2) is 8.78 Å². The first-order valence-corrected chi connectivity index (χ1v) is 6.19. The number of aliphatic hydroxyl groups excluding tert-OH is 1. The lowest BCUT2D eigenvalue weighted by molar-refractivity contribution is -0.110. The number of hydrogen-bond acceptors (Lipinski definition) is 2. The minimum absolute atomic E-state index is 0.238. The Morgan fingerprint density at radius 2 is 1.94 bits per heavy atom. The van der Waals surface area contributed by atoms with Crippen molar-refractivity contribution in [3.05, 3.63) is 35.4 Å². The maximum absolute atomic E-state index is 13.1. The van der Waals surface area contributed by atoms with E-state index in [-0.39, 0.29) is 6.42 Å². The van der Waals surface area contributed by atoms with Crippen molar-refractivity contribution in [1.82, 2.24) is 0 Å². The Balaban J connectivity index is 2.79. The minimum atomic E-state index is -0.894. The second-order valence-corrected chi connectivity index (χ2v) is 4.57. The van der Waals surface area contributed by atoms with Crippen molar-refractivity contribution < 1.29 is 18.6 Å². The van der Waals surface area contributed by atoms with E-state index in [1.807, 2.05) is 20.8 Å².